The Morgan fingerprint density at radius 1 is 1.58 bits per heavy atom. The number of hydrogen-bond donors (Lipinski definition) is 2. The maximum Gasteiger partial charge on any atom is 0.407 e. The first-order chi connectivity index (χ1) is 11.8. The van der Waals surface area contributed by atoms with Crippen molar-refractivity contribution in [1.82, 2.24) is 24.8 Å². The van der Waals surface area contributed by atoms with Crippen LogP contribution in [0.1, 0.15) is 24.7 Å². The van der Waals surface area contributed by atoms with Crippen molar-refractivity contribution in [3.8, 4) is 0 Å². The van der Waals surface area contributed by atoms with Crippen molar-refractivity contribution in [3.63, 3.8) is 0 Å². The van der Waals surface area contributed by atoms with Crippen LogP contribution in [0.2, 0.25) is 0 Å². The monoisotopic (exact) mass is 329 g/mol. The summed E-state index contributed by atoms with van der Waals surface area (Å²) in [6.07, 6.45) is 5.19. The number of amides is 1. The molecule has 0 aromatic carbocycles. The lowest BCUT2D eigenvalue weighted by Crippen LogP contribution is -2.27. The SMILES string of the molecule is COC(=O)NCc1nc2cnc3[nH]ccc3c2n1[C@H]1CCCOC1. The molecule has 0 bridgehead atoms. The van der Waals surface area contributed by atoms with E-state index in [1.165, 1.54) is 7.11 Å². The largest absolute Gasteiger partial charge is 0.453 e. The molecule has 4 rings (SSSR count). The Hall–Kier alpha value is -2.61. The fourth-order valence-corrected chi connectivity index (χ4v) is 3.31. The van der Waals surface area contributed by atoms with Gasteiger partial charge in [0.05, 0.1) is 38.0 Å². The number of nitrogens with one attached hydrogen (secondary N) is 2. The average Bonchev–Trinajstić information content (AvgIpc) is 3.23. The number of pyridine rings is 1. The first kappa shape index (κ1) is 14.9. The van der Waals surface area contributed by atoms with Crippen LogP contribution in [0.4, 0.5) is 4.79 Å². The second-order valence-electron chi connectivity index (χ2n) is 5.85. The third kappa shape index (κ3) is 2.48. The number of carbonyl (C=O) groups is 1. The fraction of sp³-hybridized carbons (Fsp3) is 0.438. The van der Waals surface area contributed by atoms with Gasteiger partial charge in [-0.2, -0.15) is 0 Å². The highest BCUT2D eigenvalue weighted by Gasteiger charge is 2.24. The fourth-order valence-electron chi connectivity index (χ4n) is 3.31. The van der Waals surface area contributed by atoms with Crippen LogP contribution in [-0.2, 0) is 16.0 Å². The summed E-state index contributed by atoms with van der Waals surface area (Å²) in [4.78, 5) is 23.7. The van der Waals surface area contributed by atoms with Crippen molar-refractivity contribution in [1.29, 1.82) is 0 Å². The number of aromatic amines is 1. The quantitative estimate of drug-likeness (QED) is 0.767. The number of methoxy groups -OCH3 is 1. The van der Waals surface area contributed by atoms with E-state index >= 15 is 0 Å². The van der Waals surface area contributed by atoms with E-state index in [-0.39, 0.29) is 6.04 Å². The van der Waals surface area contributed by atoms with Gasteiger partial charge in [-0.05, 0) is 18.9 Å². The van der Waals surface area contributed by atoms with Crippen LogP contribution in [-0.4, -0.2) is 45.9 Å². The summed E-state index contributed by atoms with van der Waals surface area (Å²) in [5.41, 5.74) is 2.67. The number of nitrogens with zero attached hydrogens (tertiary/aromatic N) is 3. The van der Waals surface area contributed by atoms with Crippen LogP contribution in [0.3, 0.4) is 0 Å². The van der Waals surface area contributed by atoms with Crippen molar-refractivity contribution in [3.05, 3.63) is 24.3 Å². The van der Waals surface area contributed by atoms with Crippen molar-refractivity contribution in [2.75, 3.05) is 20.3 Å². The Morgan fingerprint density at radius 3 is 3.29 bits per heavy atom. The minimum atomic E-state index is -0.474. The molecule has 0 aliphatic carbocycles. The highest BCUT2D eigenvalue weighted by atomic mass is 16.5. The third-order valence-corrected chi connectivity index (χ3v) is 4.38. The molecule has 1 amide bonds. The normalized spacial score (nSPS) is 18.1. The molecule has 4 heterocycles. The Bertz CT molecular complexity index is 878. The van der Waals surface area contributed by atoms with Crippen LogP contribution >= 0.6 is 0 Å². The molecule has 8 nitrogen and oxygen atoms in total. The minimum Gasteiger partial charge on any atom is -0.453 e. The summed E-state index contributed by atoms with van der Waals surface area (Å²) >= 11 is 0. The van der Waals surface area contributed by atoms with Gasteiger partial charge in [0.1, 0.15) is 17.0 Å². The van der Waals surface area contributed by atoms with Crippen molar-refractivity contribution in [2.45, 2.75) is 25.4 Å². The molecule has 0 unspecified atom stereocenters. The summed E-state index contributed by atoms with van der Waals surface area (Å²) in [5, 5.41) is 3.74. The summed E-state index contributed by atoms with van der Waals surface area (Å²) in [7, 11) is 1.35. The maximum atomic E-state index is 11.4. The molecular formula is C16H19N5O3. The van der Waals surface area contributed by atoms with E-state index in [0.29, 0.717) is 13.2 Å². The zero-order valence-corrected chi connectivity index (χ0v) is 13.4. The number of hydrogen-bond acceptors (Lipinski definition) is 5. The minimum absolute atomic E-state index is 0.193. The van der Waals surface area contributed by atoms with E-state index in [2.05, 4.69) is 29.6 Å². The van der Waals surface area contributed by atoms with Gasteiger partial charge in [-0.1, -0.05) is 0 Å². The number of rotatable bonds is 3. The number of carbonyl (C=O) groups excluding carboxylic acids is 1. The molecule has 3 aromatic rings. The molecule has 0 radical (unpaired) electrons. The van der Waals surface area contributed by atoms with E-state index in [1.54, 1.807) is 6.20 Å². The van der Waals surface area contributed by atoms with Crippen LogP contribution in [0, 0.1) is 0 Å². The lowest BCUT2D eigenvalue weighted by molar-refractivity contribution is 0.0595. The van der Waals surface area contributed by atoms with Gasteiger partial charge in [0.25, 0.3) is 0 Å². The molecule has 0 spiro atoms. The van der Waals surface area contributed by atoms with E-state index in [9.17, 15) is 4.79 Å². The molecule has 8 heteroatoms. The van der Waals surface area contributed by atoms with Gasteiger partial charge < -0.3 is 24.3 Å². The van der Waals surface area contributed by atoms with Gasteiger partial charge in [-0.3, -0.25) is 0 Å². The van der Waals surface area contributed by atoms with Crippen LogP contribution in [0.5, 0.6) is 0 Å². The number of alkyl carbamates (subject to hydrolysis) is 1. The first-order valence-corrected chi connectivity index (χ1v) is 8.00. The topological polar surface area (TPSA) is 94.1 Å². The molecule has 1 saturated heterocycles. The smallest absolute Gasteiger partial charge is 0.407 e. The van der Waals surface area contributed by atoms with E-state index < -0.39 is 6.09 Å². The highest BCUT2D eigenvalue weighted by molar-refractivity contribution is 6.01. The summed E-state index contributed by atoms with van der Waals surface area (Å²) in [6, 6.07) is 2.20. The predicted molar refractivity (Wildman–Crippen MR) is 87.7 cm³/mol. The number of aromatic nitrogens is 4. The van der Waals surface area contributed by atoms with Gasteiger partial charge in [0.15, 0.2) is 0 Å². The van der Waals surface area contributed by atoms with Gasteiger partial charge in [-0.25, -0.2) is 14.8 Å². The second kappa shape index (κ2) is 6.12. The Balaban J connectivity index is 1.85. The van der Waals surface area contributed by atoms with Gasteiger partial charge in [-0.15, -0.1) is 0 Å². The lowest BCUT2D eigenvalue weighted by Gasteiger charge is -2.26. The zero-order chi connectivity index (χ0) is 16.5. The molecule has 126 valence electrons. The second-order valence-corrected chi connectivity index (χ2v) is 5.85. The molecule has 1 atom stereocenters. The summed E-state index contributed by atoms with van der Waals surface area (Å²) in [5.74, 6) is 0.779. The van der Waals surface area contributed by atoms with Crippen molar-refractivity contribution < 1.29 is 14.3 Å². The van der Waals surface area contributed by atoms with Gasteiger partial charge >= 0.3 is 6.09 Å². The zero-order valence-electron chi connectivity index (χ0n) is 13.4. The van der Waals surface area contributed by atoms with Crippen molar-refractivity contribution >= 4 is 28.2 Å². The van der Waals surface area contributed by atoms with Gasteiger partial charge in [0, 0.05) is 18.2 Å². The van der Waals surface area contributed by atoms with E-state index in [1.807, 2.05) is 12.3 Å². The number of H-pyrrole nitrogens is 1. The maximum absolute atomic E-state index is 11.4. The van der Waals surface area contributed by atoms with Crippen LogP contribution in [0.25, 0.3) is 22.1 Å². The number of ether oxygens (including phenoxy) is 2. The van der Waals surface area contributed by atoms with Crippen LogP contribution < -0.4 is 5.32 Å². The average molecular weight is 329 g/mol. The highest BCUT2D eigenvalue weighted by Crippen LogP contribution is 2.30. The number of imidazole rings is 1. The van der Waals surface area contributed by atoms with Crippen molar-refractivity contribution in [2.24, 2.45) is 0 Å². The molecular weight excluding hydrogens is 310 g/mol. The summed E-state index contributed by atoms with van der Waals surface area (Å²) < 4.78 is 12.5. The standard InChI is InChI=1S/C16H19N5O3/c1-23-16(22)19-8-13-20-12-7-18-15-11(4-5-17-15)14(12)21(13)10-3-2-6-24-9-10/h4-5,7,10H,2-3,6,8-9H2,1H3,(H,17,18)(H,19,22)/t10-/m0/s1. The number of fused-ring (bicyclic) bond motifs is 3. The third-order valence-electron chi connectivity index (χ3n) is 4.38. The molecule has 1 aliphatic heterocycles. The molecule has 1 fully saturated rings. The van der Waals surface area contributed by atoms with Crippen LogP contribution in [0.15, 0.2) is 18.5 Å². The Morgan fingerprint density at radius 2 is 2.50 bits per heavy atom. The molecule has 24 heavy (non-hydrogen) atoms. The van der Waals surface area contributed by atoms with E-state index in [0.717, 1.165) is 47.3 Å². The first-order valence-electron chi connectivity index (χ1n) is 8.00. The Kier molecular flexibility index (Phi) is 3.81. The summed E-state index contributed by atoms with van der Waals surface area (Å²) in [6.45, 7) is 1.73. The predicted octanol–water partition coefficient (Wildman–Crippen LogP) is 2.12. The molecule has 0 saturated carbocycles. The Labute approximate surface area is 138 Å². The molecule has 3 aromatic heterocycles. The lowest BCUT2D eigenvalue weighted by atomic mass is 10.1. The van der Waals surface area contributed by atoms with E-state index in [4.69, 9.17) is 4.74 Å². The van der Waals surface area contributed by atoms with Gasteiger partial charge in [0.2, 0.25) is 0 Å². The molecule has 2 N–H and O–H groups in total. The molecule has 1 aliphatic rings.